The Morgan fingerprint density at radius 3 is 2.60 bits per heavy atom. The maximum Gasteiger partial charge on any atom is 0.339 e. The van der Waals surface area contributed by atoms with Crippen LogP contribution in [0.15, 0.2) is 0 Å². The fraction of sp³-hybridized carbons (Fsp3) is 0.500. The number of hydroxylamine groups is 1. The van der Waals surface area contributed by atoms with E-state index in [0.29, 0.717) is 0 Å². The van der Waals surface area contributed by atoms with Gasteiger partial charge in [-0.05, 0) is 0 Å². The van der Waals surface area contributed by atoms with Crippen molar-refractivity contribution in [3.8, 4) is 0 Å². The third-order valence-corrected chi connectivity index (χ3v) is 0.722. The Morgan fingerprint density at radius 2 is 2.20 bits per heavy atom. The van der Waals surface area contributed by atoms with Crippen molar-refractivity contribution in [2.45, 2.75) is 0 Å². The highest BCUT2D eigenvalue weighted by atomic mass is 16.5. The molecule has 0 radical (unpaired) electrons. The van der Waals surface area contributed by atoms with E-state index in [2.05, 4.69) is 4.74 Å². The highest BCUT2D eigenvalue weighted by molar-refractivity contribution is 5.79. The van der Waals surface area contributed by atoms with E-state index in [0.717, 1.165) is 0 Å². The quantitative estimate of drug-likeness (QED) is 0.262. The molecule has 0 aliphatic rings. The van der Waals surface area contributed by atoms with Crippen molar-refractivity contribution in [2.24, 2.45) is 0 Å². The van der Waals surface area contributed by atoms with Crippen LogP contribution in [0, 0.1) is 0 Å². The molecule has 58 valence electrons. The molecule has 0 atom stereocenters. The number of methoxy groups -OCH3 is 1. The number of hydrogen-bond acceptors (Lipinski definition) is 4. The van der Waals surface area contributed by atoms with Crippen LogP contribution in [-0.2, 0) is 9.53 Å². The SMILES string of the molecule is COC(=O)CNC(=O)NO. The smallest absolute Gasteiger partial charge is 0.339 e. The standard InChI is InChI=1S/C4H8N2O4/c1-10-3(7)2-5-4(8)6-9/h9H,2H2,1H3,(H2,5,6,8). The molecule has 0 aromatic rings. The molecule has 0 aromatic carbocycles. The fourth-order valence-corrected chi connectivity index (χ4v) is 0.264. The summed E-state index contributed by atoms with van der Waals surface area (Å²) in [5.41, 5.74) is 1.29. The summed E-state index contributed by atoms with van der Waals surface area (Å²) in [7, 11) is 1.20. The lowest BCUT2D eigenvalue weighted by Gasteiger charge is -1.99. The molecule has 0 saturated heterocycles. The molecular weight excluding hydrogens is 140 g/mol. The van der Waals surface area contributed by atoms with Crippen LogP contribution in [0.4, 0.5) is 4.79 Å². The van der Waals surface area contributed by atoms with Gasteiger partial charge in [-0.15, -0.1) is 0 Å². The lowest BCUT2D eigenvalue weighted by atomic mass is 10.6. The Labute approximate surface area is 57.1 Å². The van der Waals surface area contributed by atoms with Gasteiger partial charge in [0.05, 0.1) is 7.11 Å². The molecule has 3 N–H and O–H groups in total. The van der Waals surface area contributed by atoms with Crippen LogP contribution in [0.2, 0.25) is 0 Å². The molecular formula is C4H8N2O4. The Hall–Kier alpha value is -1.30. The van der Waals surface area contributed by atoms with Crippen molar-refractivity contribution in [3.63, 3.8) is 0 Å². The van der Waals surface area contributed by atoms with E-state index < -0.39 is 12.0 Å². The summed E-state index contributed by atoms with van der Waals surface area (Å²) in [6, 6.07) is -0.842. The van der Waals surface area contributed by atoms with Gasteiger partial charge in [-0.1, -0.05) is 0 Å². The Balaban J connectivity index is 3.35. The van der Waals surface area contributed by atoms with Gasteiger partial charge in [0.15, 0.2) is 0 Å². The monoisotopic (exact) mass is 148 g/mol. The molecule has 0 aromatic heterocycles. The fourth-order valence-electron chi connectivity index (χ4n) is 0.264. The van der Waals surface area contributed by atoms with Crippen LogP contribution >= 0.6 is 0 Å². The second-order valence-electron chi connectivity index (χ2n) is 1.37. The van der Waals surface area contributed by atoms with Gasteiger partial charge in [-0.25, -0.2) is 10.3 Å². The second kappa shape index (κ2) is 4.57. The summed E-state index contributed by atoms with van der Waals surface area (Å²) >= 11 is 0. The molecule has 0 aliphatic heterocycles. The number of rotatable bonds is 2. The number of carbonyl (C=O) groups excluding carboxylic acids is 2. The molecule has 0 saturated carbocycles. The summed E-state index contributed by atoms with van der Waals surface area (Å²) < 4.78 is 4.18. The van der Waals surface area contributed by atoms with Gasteiger partial charge in [-0.3, -0.25) is 10.0 Å². The average molecular weight is 148 g/mol. The molecule has 0 aliphatic carbocycles. The van der Waals surface area contributed by atoms with Crippen LogP contribution in [-0.4, -0.2) is 30.9 Å². The molecule has 6 heteroatoms. The number of carbonyl (C=O) groups is 2. The van der Waals surface area contributed by atoms with Crippen LogP contribution < -0.4 is 10.8 Å². The Morgan fingerprint density at radius 1 is 1.60 bits per heavy atom. The van der Waals surface area contributed by atoms with Gasteiger partial charge in [-0.2, -0.15) is 0 Å². The third-order valence-electron chi connectivity index (χ3n) is 0.722. The highest BCUT2D eigenvalue weighted by Gasteiger charge is 2.01. The Kier molecular flexibility index (Phi) is 3.97. The largest absolute Gasteiger partial charge is 0.468 e. The molecule has 10 heavy (non-hydrogen) atoms. The molecule has 0 rings (SSSR count). The topological polar surface area (TPSA) is 87.7 Å². The first-order chi connectivity index (χ1) is 4.70. The summed E-state index contributed by atoms with van der Waals surface area (Å²) in [5.74, 6) is -0.580. The minimum absolute atomic E-state index is 0.261. The highest BCUT2D eigenvalue weighted by Crippen LogP contribution is 1.68. The van der Waals surface area contributed by atoms with Gasteiger partial charge in [0.25, 0.3) is 0 Å². The lowest BCUT2D eigenvalue weighted by Crippen LogP contribution is -2.36. The first kappa shape index (κ1) is 8.70. The molecule has 6 nitrogen and oxygen atoms in total. The van der Waals surface area contributed by atoms with Crippen molar-refractivity contribution >= 4 is 12.0 Å². The van der Waals surface area contributed by atoms with Crippen LogP contribution in [0.1, 0.15) is 0 Å². The number of ether oxygens (including phenoxy) is 1. The maximum absolute atomic E-state index is 10.3. The zero-order valence-corrected chi connectivity index (χ0v) is 5.38. The number of amides is 2. The first-order valence-electron chi connectivity index (χ1n) is 2.45. The molecule has 0 heterocycles. The minimum Gasteiger partial charge on any atom is -0.468 e. The summed E-state index contributed by atoms with van der Waals surface area (Å²) in [4.78, 5) is 20.4. The molecule has 0 fully saturated rings. The maximum atomic E-state index is 10.3. The van der Waals surface area contributed by atoms with Crippen molar-refractivity contribution in [1.82, 2.24) is 10.8 Å². The molecule has 0 bridgehead atoms. The van der Waals surface area contributed by atoms with Gasteiger partial charge >= 0.3 is 12.0 Å². The van der Waals surface area contributed by atoms with Gasteiger partial charge in [0.2, 0.25) is 0 Å². The van der Waals surface area contributed by atoms with Crippen molar-refractivity contribution in [3.05, 3.63) is 0 Å². The van der Waals surface area contributed by atoms with E-state index in [4.69, 9.17) is 5.21 Å². The van der Waals surface area contributed by atoms with Gasteiger partial charge < -0.3 is 10.1 Å². The summed E-state index contributed by atoms with van der Waals surface area (Å²) in [6.45, 7) is -0.261. The van der Waals surface area contributed by atoms with Crippen LogP contribution in [0.5, 0.6) is 0 Å². The van der Waals surface area contributed by atoms with E-state index in [1.807, 2.05) is 5.32 Å². The average Bonchev–Trinajstić information content (AvgIpc) is 1.99. The van der Waals surface area contributed by atoms with Gasteiger partial charge in [0.1, 0.15) is 6.54 Å². The number of urea groups is 1. The second-order valence-corrected chi connectivity index (χ2v) is 1.37. The number of esters is 1. The zero-order chi connectivity index (χ0) is 7.98. The number of hydrogen-bond donors (Lipinski definition) is 3. The van der Waals surface area contributed by atoms with E-state index in [1.165, 1.54) is 12.6 Å². The third kappa shape index (κ3) is 3.67. The predicted octanol–water partition coefficient (Wildman–Crippen LogP) is -1.15. The van der Waals surface area contributed by atoms with Crippen molar-refractivity contribution < 1.29 is 19.5 Å². The van der Waals surface area contributed by atoms with E-state index >= 15 is 0 Å². The molecule has 0 spiro atoms. The van der Waals surface area contributed by atoms with E-state index in [1.54, 1.807) is 0 Å². The van der Waals surface area contributed by atoms with E-state index in [9.17, 15) is 9.59 Å². The van der Waals surface area contributed by atoms with Gasteiger partial charge in [0, 0.05) is 0 Å². The normalized spacial score (nSPS) is 8.20. The van der Waals surface area contributed by atoms with E-state index in [-0.39, 0.29) is 6.54 Å². The lowest BCUT2D eigenvalue weighted by molar-refractivity contribution is -0.139. The molecule has 0 unspecified atom stereocenters. The Bertz CT molecular complexity index is 119. The zero-order valence-electron chi connectivity index (χ0n) is 5.38. The number of nitrogens with one attached hydrogen (secondary N) is 2. The predicted molar refractivity (Wildman–Crippen MR) is 30.3 cm³/mol. The van der Waals surface area contributed by atoms with Crippen molar-refractivity contribution in [2.75, 3.05) is 13.7 Å². The summed E-state index contributed by atoms with van der Waals surface area (Å²) in [6.07, 6.45) is 0. The summed E-state index contributed by atoms with van der Waals surface area (Å²) in [5, 5.41) is 9.91. The van der Waals surface area contributed by atoms with Crippen LogP contribution in [0.25, 0.3) is 0 Å². The van der Waals surface area contributed by atoms with Crippen LogP contribution in [0.3, 0.4) is 0 Å². The first-order valence-corrected chi connectivity index (χ1v) is 2.45. The van der Waals surface area contributed by atoms with Crippen molar-refractivity contribution in [1.29, 1.82) is 0 Å². The molecule has 2 amide bonds. The minimum atomic E-state index is -0.842.